The van der Waals surface area contributed by atoms with Gasteiger partial charge in [0.05, 0.1) is 44.4 Å². The molecule has 2 aromatic carbocycles. The van der Waals surface area contributed by atoms with E-state index in [-0.39, 0.29) is 31.4 Å². The molecule has 2 aromatic rings. The summed E-state index contributed by atoms with van der Waals surface area (Å²) in [7, 11) is 0. The number of esters is 1. The van der Waals surface area contributed by atoms with Crippen LogP contribution in [0, 0.1) is 11.8 Å². The van der Waals surface area contributed by atoms with Gasteiger partial charge in [-0.25, -0.2) is 0 Å². The first-order valence-electron chi connectivity index (χ1n) is 18.0. The van der Waals surface area contributed by atoms with Gasteiger partial charge in [-0.2, -0.15) is 0 Å². The van der Waals surface area contributed by atoms with Gasteiger partial charge >= 0.3 is 5.97 Å². The molecule has 0 radical (unpaired) electrons. The van der Waals surface area contributed by atoms with E-state index in [4.69, 9.17) is 14.2 Å². The Balaban J connectivity index is 1.27. The summed E-state index contributed by atoms with van der Waals surface area (Å²) in [6, 6.07) is 16.8. The fourth-order valence-corrected chi connectivity index (χ4v) is 8.21. The van der Waals surface area contributed by atoms with Crippen molar-refractivity contribution in [3.63, 3.8) is 0 Å². The largest absolute Gasteiger partial charge is 0.455 e. The molecule has 7 rings (SSSR count). The molecule has 1 spiro atoms. The number of nitrogens with one attached hydrogen (secondary N) is 1. The number of likely N-dealkylation sites (tertiary alicyclic amines) is 1. The second kappa shape index (κ2) is 15.5. The van der Waals surface area contributed by atoms with Crippen LogP contribution in [0.25, 0.3) is 0 Å². The zero-order valence-corrected chi connectivity index (χ0v) is 28.7. The maximum Gasteiger partial charge on any atom is 0.313 e. The van der Waals surface area contributed by atoms with Crippen molar-refractivity contribution in [3.8, 4) is 0 Å². The number of aliphatic hydroxyl groups is 1. The molecular weight excluding hydrogens is 652 g/mol. The molecule has 3 fully saturated rings. The number of hydrogen-bond donors (Lipinski definition) is 2. The Labute approximate surface area is 298 Å². The Hall–Kier alpha value is -4.36. The first-order chi connectivity index (χ1) is 24.9. The summed E-state index contributed by atoms with van der Waals surface area (Å²) < 4.78 is 18.6. The average Bonchev–Trinajstić information content (AvgIpc) is 3.55. The van der Waals surface area contributed by atoms with Crippen molar-refractivity contribution in [3.05, 3.63) is 96.1 Å². The summed E-state index contributed by atoms with van der Waals surface area (Å²) >= 11 is 0. The summed E-state index contributed by atoms with van der Waals surface area (Å²) in [4.78, 5) is 62.5. The van der Waals surface area contributed by atoms with Gasteiger partial charge in [-0.1, -0.05) is 85.0 Å². The fourth-order valence-electron chi connectivity index (χ4n) is 8.21. The lowest BCUT2D eigenvalue weighted by Gasteiger charge is -2.39. The first-order valence-corrected chi connectivity index (χ1v) is 18.0. The Kier molecular flexibility index (Phi) is 10.6. The molecule has 51 heavy (non-hydrogen) atoms. The average molecular weight is 699 g/mol. The minimum atomic E-state index is -1.50. The van der Waals surface area contributed by atoms with E-state index in [1.54, 1.807) is 23.1 Å². The van der Waals surface area contributed by atoms with Crippen LogP contribution in [0.5, 0.6) is 0 Å². The van der Waals surface area contributed by atoms with E-state index in [0.717, 1.165) is 18.7 Å². The molecular formula is C39H46N4O8. The minimum Gasteiger partial charge on any atom is -0.455 e. The normalized spacial score (nSPS) is 31.4. The van der Waals surface area contributed by atoms with E-state index in [2.05, 4.69) is 10.2 Å². The van der Waals surface area contributed by atoms with Gasteiger partial charge < -0.3 is 34.4 Å². The van der Waals surface area contributed by atoms with Gasteiger partial charge in [-0.05, 0) is 24.0 Å². The number of ether oxygens (including phenoxy) is 3. The summed E-state index contributed by atoms with van der Waals surface area (Å²) in [5, 5.41) is 13.7. The van der Waals surface area contributed by atoms with Gasteiger partial charge in [0.1, 0.15) is 23.7 Å². The van der Waals surface area contributed by atoms with Gasteiger partial charge in [0.2, 0.25) is 17.7 Å². The molecule has 12 heteroatoms. The maximum absolute atomic E-state index is 15.0. The van der Waals surface area contributed by atoms with Crippen molar-refractivity contribution in [1.29, 1.82) is 0 Å². The highest BCUT2D eigenvalue weighted by Gasteiger charge is 2.72. The highest BCUT2D eigenvalue weighted by molar-refractivity contribution is 5.99. The van der Waals surface area contributed by atoms with Crippen LogP contribution in [-0.4, -0.2) is 126 Å². The number of carbonyl (C=O) groups excluding carboxylic acids is 4. The SMILES string of the molecule is O=C1CC/C=C\[C@@H]2O[C@@]34C=CCN(CCN5CCOCC5)C(=O)[C@@H]3N([C@@H](CO)Cc3ccccc3)C(=O)[C@H]4[C@@H]2C(=O)O[C@@H](c2ccccc2)CN1. The molecule has 0 bridgehead atoms. The summed E-state index contributed by atoms with van der Waals surface area (Å²) in [5.74, 6) is -3.73. The van der Waals surface area contributed by atoms with E-state index < -0.39 is 53.6 Å². The number of morpholine rings is 1. The minimum absolute atomic E-state index is 0.0647. The van der Waals surface area contributed by atoms with Gasteiger partial charge in [0, 0.05) is 39.1 Å². The predicted molar refractivity (Wildman–Crippen MR) is 186 cm³/mol. The first kappa shape index (κ1) is 35.1. The Morgan fingerprint density at radius 3 is 2.41 bits per heavy atom. The van der Waals surface area contributed by atoms with E-state index in [1.165, 1.54) is 4.90 Å². The summed E-state index contributed by atoms with van der Waals surface area (Å²) in [5.41, 5.74) is 0.0993. The number of benzene rings is 2. The van der Waals surface area contributed by atoms with Crippen molar-refractivity contribution >= 4 is 23.7 Å². The lowest BCUT2D eigenvalue weighted by atomic mass is 9.78. The molecule has 3 amide bonds. The zero-order chi connectivity index (χ0) is 35.4. The predicted octanol–water partition coefficient (Wildman–Crippen LogP) is 1.65. The second-order valence-corrected chi connectivity index (χ2v) is 13.9. The quantitative estimate of drug-likeness (QED) is 0.312. The van der Waals surface area contributed by atoms with Gasteiger partial charge in [-0.3, -0.25) is 24.1 Å². The van der Waals surface area contributed by atoms with Crippen molar-refractivity contribution in [2.24, 2.45) is 11.8 Å². The number of hydrogen-bond acceptors (Lipinski definition) is 9. The number of carbonyl (C=O) groups is 4. The van der Waals surface area contributed by atoms with Crippen LogP contribution in [0.3, 0.4) is 0 Å². The Morgan fingerprint density at radius 2 is 1.67 bits per heavy atom. The third kappa shape index (κ3) is 7.10. The topological polar surface area (TPSA) is 138 Å². The lowest BCUT2D eigenvalue weighted by molar-refractivity contribution is -0.160. The van der Waals surface area contributed by atoms with E-state index in [9.17, 15) is 24.3 Å². The summed E-state index contributed by atoms with van der Waals surface area (Å²) in [6.07, 6.45) is 6.41. The smallest absolute Gasteiger partial charge is 0.313 e. The van der Waals surface area contributed by atoms with Crippen molar-refractivity contribution in [2.45, 2.75) is 49.2 Å². The fraction of sp³-hybridized carbons (Fsp3) is 0.487. The molecule has 12 nitrogen and oxygen atoms in total. The molecule has 7 atom stereocenters. The zero-order valence-electron chi connectivity index (χ0n) is 28.7. The van der Waals surface area contributed by atoms with Crippen molar-refractivity contribution in [2.75, 3.05) is 59.1 Å². The molecule has 270 valence electrons. The number of aliphatic hydroxyl groups excluding tert-OH is 1. The highest BCUT2D eigenvalue weighted by Crippen LogP contribution is 2.54. The van der Waals surface area contributed by atoms with Crippen LogP contribution in [-0.2, 0) is 39.8 Å². The molecule has 0 unspecified atom stereocenters. The van der Waals surface area contributed by atoms with Crippen LogP contribution >= 0.6 is 0 Å². The Morgan fingerprint density at radius 1 is 0.922 bits per heavy atom. The molecule has 5 heterocycles. The number of nitrogens with zero attached hydrogens (tertiary/aromatic N) is 3. The molecule has 0 aliphatic carbocycles. The third-order valence-corrected chi connectivity index (χ3v) is 10.8. The van der Waals surface area contributed by atoms with Crippen LogP contribution in [0.1, 0.15) is 30.1 Å². The molecule has 5 aliphatic rings. The van der Waals surface area contributed by atoms with Crippen LogP contribution in [0.2, 0.25) is 0 Å². The van der Waals surface area contributed by atoms with E-state index in [0.29, 0.717) is 51.3 Å². The molecule has 3 saturated heterocycles. The number of cyclic esters (lactones) is 1. The van der Waals surface area contributed by atoms with Crippen molar-refractivity contribution < 1.29 is 38.5 Å². The van der Waals surface area contributed by atoms with E-state index in [1.807, 2.05) is 66.7 Å². The van der Waals surface area contributed by atoms with Gasteiger partial charge in [0.15, 0.2) is 0 Å². The summed E-state index contributed by atoms with van der Waals surface area (Å²) in [6.45, 7) is 3.87. The highest BCUT2D eigenvalue weighted by atomic mass is 16.6. The lowest BCUT2D eigenvalue weighted by Crippen LogP contribution is -2.59. The third-order valence-electron chi connectivity index (χ3n) is 10.8. The van der Waals surface area contributed by atoms with Gasteiger partial charge in [-0.15, -0.1) is 0 Å². The standard InChI is InChI=1S/C39H46N4O8/c44-26-29(24-27-10-3-1-4-11-27)43-35-37(47)42(19-18-41-20-22-49-23-21-41)17-9-16-39(35)34(36(43)46)33-30(51-39)14-7-8-15-32(45)40-25-31(50-38(33)48)28-12-5-2-6-13-28/h1-7,9-14,16,29-31,33-35,44H,8,15,17-26H2,(H,40,45)/b14-7-/t29-,30+,31-,33-,34-,35+,39-/m1/s1. The van der Waals surface area contributed by atoms with Crippen LogP contribution < -0.4 is 5.32 Å². The van der Waals surface area contributed by atoms with Crippen LogP contribution in [0.4, 0.5) is 0 Å². The number of rotatable bonds is 8. The molecule has 0 aromatic heterocycles. The number of allylic oxidation sites excluding steroid dienone is 1. The molecule has 0 saturated carbocycles. The molecule has 2 N–H and O–H groups in total. The number of amides is 3. The second-order valence-electron chi connectivity index (χ2n) is 13.9. The van der Waals surface area contributed by atoms with Crippen LogP contribution in [0.15, 0.2) is 85.0 Å². The number of fused-ring (bicyclic) bond motifs is 2. The monoisotopic (exact) mass is 698 g/mol. The van der Waals surface area contributed by atoms with Crippen molar-refractivity contribution in [1.82, 2.24) is 20.0 Å². The maximum atomic E-state index is 15.0. The van der Waals surface area contributed by atoms with E-state index >= 15 is 0 Å². The molecule has 5 aliphatic heterocycles. The Bertz CT molecular complexity index is 1630. The van der Waals surface area contributed by atoms with Gasteiger partial charge in [0.25, 0.3) is 0 Å².